The van der Waals surface area contributed by atoms with Crippen molar-refractivity contribution in [3.8, 4) is 5.75 Å². The molecule has 0 aliphatic heterocycles. The van der Waals surface area contributed by atoms with Crippen molar-refractivity contribution in [2.45, 2.75) is 33.1 Å². The lowest BCUT2D eigenvalue weighted by Gasteiger charge is -2.09. The van der Waals surface area contributed by atoms with Crippen LogP contribution in [0.2, 0.25) is 0 Å². The molecule has 0 bridgehead atoms. The van der Waals surface area contributed by atoms with Crippen LogP contribution in [-0.2, 0) is 0 Å². The predicted octanol–water partition coefficient (Wildman–Crippen LogP) is 3.52. The highest BCUT2D eigenvalue weighted by molar-refractivity contribution is 5.40. The maximum atomic E-state index is 5.20. The number of methoxy groups -OCH3 is 1. The summed E-state index contributed by atoms with van der Waals surface area (Å²) in [5.41, 5.74) is 3.37. The minimum absolute atomic E-state index is 0.513. The van der Waals surface area contributed by atoms with Crippen molar-refractivity contribution in [3.05, 3.63) is 29.3 Å². The molecule has 1 saturated carbocycles. The highest BCUT2D eigenvalue weighted by Crippen LogP contribution is 2.59. The first-order valence-electron chi connectivity index (χ1n) is 5.19. The number of hydrogen-bond donors (Lipinski definition) is 0. The second kappa shape index (κ2) is 3.01. The number of hydrogen-bond acceptors (Lipinski definition) is 1. The minimum atomic E-state index is 0.513. The summed E-state index contributed by atoms with van der Waals surface area (Å²) in [5.74, 6) is 1.72. The smallest absolute Gasteiger partial charge is 0.119 e. The summed E-state index contributed by atoms with van der Waals surface area (Å²) >= 11 is 0. The summed E-state index contributed by atoms with van der Waals surface area (Å²) in [7, 11) is 1.72. The Labute approximate surface area is 86.1 Å². The van der Waals surface area contributed by atoms with E-state index in [1.807, 2.05) is 0 Å². The SMILES string of the molecule is COc1ccc(C2CC2(C)C)c(C)c1. The minimum Gasteiger partial charge on any atom is -0.497 e. The van der Waals surface area contributed by atoms with E-state index in [9.17, 15) is 0 Å². The van der Waals surface area contributed by atoms with E-state index in [2.05, 4.69) is 39.0 Å². The summed E-state index contributed by atoms with van der Waals surface area (Å²) in [6, 6.07) is 6.41. The molecule has 1 aliphatic carbocycles. The highest BCUT2D eigenvalue weighted by Gasteiger charge is 2.46. The standard InChI is InChI=1S/C13H18O/c1-9-7-10(14-4)5-6-11(9)12-8-13(12,2)3/h5-7,12H,8H2,1-4H3. The van der Waals surface area contributed by atoms with Crippen molar-refractivity contribution in [2.75, 3.05) is 7.11 Å². The maximum Gasteiger partial charge on any atom is 0.119 e. The van der Waals surface area contributed by atoms with Gasteiger partial charge in [-0.3, -0.25) is 0 Å². The first kappa shape index (κ1) is 9.57. The zero-order valence-electron chi connectivity index (χ0n) is 9.42. The van der Waals surface area contributed by atoms with E-state index < -0.39 is 0 Å². The zero-order valence-corrected chi connectivity index (χ0v) is 9.42. The Morgan fingerprint density at radius 3 is 2.43 bits per heavy atom. The lowest BCUT2D eigenvalue weighted by Crippen LogP contribution is -1.93. The zero-order chi connectivity index (χ0) is 10.3. The summed E-state index contributed by atoms with van der Waals surface area (Å²) in [5, 5.41) is 0. The third-order valence-corrected chi connectivity index (χ3v) is 3.37. The van der Waals surface area contributed by atoms with Crippen LogP contribution in [0.4, 0.5) is 0 Å². The molecular formula is C13H18O. The van der Waals surface area contributed by atoms with Crippen molar-refractivity contribution in [1.82, 2.24) is 0 Å². The lowest BCUT2D eigenvalue weighted by atomic mass is 9.99. The van der Waals surface area contributed by atoms with Crippen LogP contribution in [0.3, 0.4) is 0 Å². The largest absolute Gasteiger partial charge is 0.497 e. The summed E-state index contributed by atoms with van der Waals surface area (Å²) in [6.45, 7) is 6.84. The molecule has 0 heterocycles. The number of aryl methyl sites for hydroxylation is 1. The first-order valence-corrected chi connectivity index (χ1v) is 5.19. The molecule has 1 unspecified atom stereocenters. The van der Waals surface area contributed by atoms with Gasteiger partial charge in [0.25, 0.3) is 0 Å². The average molecular weight is 190 g/mol. The van der Waals surface area contributed by atoms with Gasteiger partial charge in [0.2, 0.25) is 0 Å². The van der Waals surface area contributed by atoms with Gasteiger partial charge in [-0.15, -0.1) is 0 Å². The Morgan fingerprint density at radius 1 is 1.36 bits per heavy atom. The van der Waals surface area contributed by atoms with Gasteiger partial charge < -0.3 is 4.74 Å². The summed E-state index contributed by atoms with van der Waals surface area (Å²) in [6.07, 6.45) is 1.32. The first-order chi connectivity index (χ1) is 6.54. The van der Waals surface area contributed by atoms with Crippen molar-refractivity contribution >= 4 is 0 Å². The van der Waals surface area contributed by atoms with E-state index in [1.165, 1.54) is 17.5 Å². The number of rotatable bonds is 2. The molecular weight excluding hydrogens is 172 g/mol. The Balaban J connectivity index is 2.28. The summed E-state index contributed by atoms with van der Waals surface area (Å²) < 4.78 is 5.20. The number of benzene rings is 1. The topological polar surface area (TPSA) is 9.23 Å². The van der Waals surface area contributed by atoms with E-state index in [0.717, 1.165) is 11.7 Å². The van der Waals surface area contributed by atoms with Gasteiger partial charge in [-0.2, -0.15) is 0 Å². The number of ether oxygens (including phenoxy) is 1. The highest BCUT2D eigenvalue weighted by atomic mass is 16.5. The van der Waals surface area contributed by atoms with Gasteiger partial charge in [-0.1, -0.05) is 19.9 Å². The van der Waals surface area contributed by atoms with Crippen molar-refractivity contribution in [1.29, 1.82) is 0 Å². The molecule has 0 N–H and O–H groups in total. The molecule has 2 rings (SSSR count). The molecule has 1 heteroatoms. The quantitative estimate of drug-likeness (QED) is 0.693. The Morgan fingerprint density at radius 2 is 2.00 bits per heavy atom. The molecule has 1 fully saturated rings. The van der Waals surface area contributed by atoms with Crippen molar-refractivity contribution < 1.29 is 4.74 Å². The normalized spacial score (nSPS) is 23.3. The van der Waals surface area contributed by atoms with Gasteiger partial charge in [0, 0.05) is 0 Å². The second-order valence-electron chi connectivity index (χ2n) is 4.97. The molecule has 1 aliphatic rings. The van der Waals surface area contributed by atoms with Gasteiger partial charge in [-0.25, -0.2) is 0 Å². The fourth-order valence-corrected chi connectivity index (χ4v) is 2.16. The lowest BCUT2D eigenvalue weighted by molar-refractivity contribution is 0.414. The third-order valence-electron chi connectivity index (χ3n) is 3.37. The van der Waals surface area contributed by atoms with E-state index in [0.29, 0.717) is 5.41 Å². The second-order valence-corrected chi connectivity index (χ2v) is 4.97. The molecule has 76 valence electrons. The fourth-order valence-electron chi connectivity index (χ4n) is 2.16. The van der Waals surface area contributed by atoms with E-state index >= 15 is 0 Å². The van der Waals surface area contributed by atoms with Crippen LogP contribution >= 0.6 is 0 Å². The summed E-state index contributed by atoms with van der Waals surface area (Å²) in [4.78, 5) is 0. The Bertz CT molecular complexity index is 352. The van der Waals surface area contributed by atoms with E-state index in [1.54, 1.807) is 7.11 Å². The average Bonchev–Trinajstić information content (AvgIpc) is 2.74. The van der Waals surface area contributed by atoms with Crippen LogP contribution in [0.5, 0.6) is 5.75 Å². The van der Waals surface area contributed by atoms with Crippen LogP contribution in [0, 0.1) is 12.3 Å². The monoisotopic (exact) mass is 190 g/mol. The van der Waals surface area contributed by atoms with E-state index in [-0.39, 0.29) is 0 Å². The molecule has 1 atom stereocenters. The molecule has 1 aromatic rings. The maximum absolute atomic E-state index is 5.20. The van der Waals surface area contributed by atoms with Crippen LogP contribution in [0.15, 0.2) is 18.2 Å². The Kier molecular flexibility index (Phi) is 2.06. The van der Waals surface area contributed by atoms with Crippen LogP contribution in [0.1, 0.15) is 37.3 Å². The molecule has 0 radical (unpaired) electrons. The Hall–Kier alpha value is -0.980. The molecule has 0 aromatic heterocycles. The predicted molar refractivity (Wildman–Crippen MR) is 58.9 cm³/mol. The van der Waals surface area contributed by atoms with Crippen LogP contribution in [-0.4, -0.2) is 7.11 Å². The molecule has 14 heavy (non-hydrogen) atoms. The van der Waals surface area contributed by atoms with Gasteiger partial charge in [0.05, 0.1) is 7.11 Å². The third kappa shape index (κ3) is 1.52. The fraction of sp³-hybridized carbons (Fsp3) is 0.538. The van der Waals surface area contributed by atoms with Gasteiger partial charge in [-0.05, 0) is 47.9 Å². The van der Waals surface area contributed by atoms with Gasteiger partial charge >= 0.3 is 0 Å². The van der Waals surface area contributed by atoms with Gasteiger partial charge in [0.1, 0.15) is 5.75 Å². The van der Waals surface area contributed by atoms with Crippen LogP contribution < -0.4 is 4.74 Å². The van der Waals surface area contributed by atoms with Crippen molar-refractivity contribution in [2.24, 2.45) is 5.41 Å². The van der Waals surface area contributed by atoms with Crippen molar-refractivity contribution in [3.63, 3.8) is 0 Å². The molecule has 1 aromatic carbocycles. The van der Waals surface area contributed by atoms with Crippen LogP contribution in [0.25, 0.3) is 0 Å². The molecule has 0 amide bonds. The molecule has 1 nitrogen and oxygen atoms in total. The molecule has 0 spiro atoms. The van der Waals surface area contributed by atoms with E-state index in [4.69, 9.17) is 4.74 Å². The van der Waals surface area contributed by atoms with Gasteiger partial charge in [0.15, 0.2) is 0 Å². The molecule has 0 saturated heterocycles.